The summed E-state index contributed by atoms with van der Waals surface area (Å²) in [6.07, 6.45) is 0.999. The first-order chi connectivity index (χ1) is 9.07. The maximum Gasteiger partial charge on any atom is 0.213 e. The zero-order valence-corrected chi connectivity index (χ0v) is 12.3. The van der Waals surface area contributed by atoms with E-state index in [1.165, 1.54) is 0 Å². The third kappa shape index (κ3) is 6.56. The van der Waals surface area contributed by atoms with Crippen LogP contribution in [0.2, 0.25) is 0 Å². The van der Waals surface area contributed by atoms with E-state index in [1.54, 1.807) is 7.11 Å². The highest BCUT2D eigenvalue weighted by molar-refractivity contribution is 7.89. The van der Waals surface area contributed by atoms with E-state index in [-0.39, 0.29) is 5.75 Å². The Morgan fingerprint density at radius 2 is 1.84 bits per heavy atom. The molecule has 5 nitrogen and oxygen atoms in total. The molecule has 0 aromatic heterocycles. The summed E-state index contributed by atoms with van der Waals surface area (Å²) in [6.45, 7) is 3.67. The van der Waals surface area contributed by atoms with Gasteiger partial charge in [-0.3, -0.25) is 0 Å². The molecule has 0 aliphatic carbocycles. The van der Waals surface area contributed by atoms with Crippen molar-refractivity contribution in [2.24, 2.45) is 0 Å². The number of ether oxygens (including phenoxy) is 1. The van der Waals surface area contributed by atoms with Gasteiger partial charge < -0.3 is 10.1 Å². The van der Waals surface area contributed by atoms with Crippen LogP contribution in [0.3, 0.4) is 0 Å². The van der Waals surface area contributed by atoms with Gasteiger partial charge in [-0.2, -0.15) is 0 Å². The standard InChI is InChI=1S/C13H22N2O3S/c1-3-8-14-9-10-19(16,17)15-11-12-4-6-13(18-2)7-5-12/h4-7,14-15H,3,8-11H2,1-2H3. The Hall–Kier alpha value is -1.11. The van der Waals surface area contributed by atoms with Crippen LogP contribution in [0.25, 0.3) is 0 Å². The number of nitrogens with one attached hydrogen (secondary N) is 2. The number of methoxy groups -OCH3 is 1. The van der Waals surface area contributed by atoms with E-state index in [2.05, 4.69) is 10.0 Å². The first kappa shape index (κ1) is 15.9. The van der Waals surface area contributed by atoms with Crippen molar-refractivity contribution in [3.63, 3.8) is 0 Å². The largest absolute Gasteiger partial charge is 0.497 e. The van der Waals surface area contributed by atoms with Crippen LogP contribution in [0.4, 0.5) is 0 Å². The first-order valence-corrected chi connectivity index (χ1v) is 8.03. The fourth-order valence-corrected chi connectivity index (χ4v) is 2.46. The van der Waals surface area contributed by atoms with E-state index in [9.17, 15) is 8.42 Å². The lowest BCUT2D eigenvalue weighted by molar-refractivity contribution is 0.414. The van der Waals surface area contributed by atoms with Crippen LogP contribution < -0.4 is 14.8 Å². The molecule has 1 aromatic carbocycles. The highest BCUT2D eigenvalue weighted by Gasteiger charge is 2.09. The second-order valence-corrected chi connectivity index (χ2v) is 6.16. The molecule has 0 aliphatic heterocycles. The van der Waals surface area contributed by atoms with Gasteiger partial charge in [0.25, 0.3) is 0 Å². The molecule has 0 radical (unpaired) electrons. The van der Waals surface area contributed by atoms with Crippen molar-refractivity contribution in [3.05, 3.63) is 29.8 Å². The smallest absolute Gasteiger partial charge is 0.213 e. The highest BCUT2D eigenvalue weighted by atomic mass is 32.2. The number of benzene rings is 1. The minimum absolute atomic E-state index is 0.100. The van der Waals surface area contributed by atoms with Crippen molar-refractivity contribution in [1.29, 1.82) is 0 Å². The zero-order valence-electron chi connectivity index (χ0n) is 11.5. The summed E-state index contributed by atoms with van der Waals surface area (Å²) in [5.41, 5.74) is 0.908. The molecular weight excluding hydrogens is 264 g/mol. The third-order valence-electron chi connectivity index (χ3n) is 2.63. The number of sulfonamides is 1. The van der Waals surface area contributed by atoms with Gasteiger partial charge in [-0.25, -0.2) is 13.1 Å². The molecule has 0 aliphatic rings. The van der Waals surface area contributed by atoms with Gasteiger partial charge in [-0.1, -0.05) is 19.1 Å². The molecule has 0 atom stereocenters. The lowest BCUT2D eigenvalue weighted by Gasteiger charge is -2.08. The van der Waals surface area contributed by atoms with Crippen LogP contribution in [-0.4, -0.2) is 34.4 Å². The van der Waals surface area contributed by atoms with Crippen molar-refractivity contribution in [2.45, 2.75) is 19.9 Å². The molecule has 0 saturated carbocycles. The Bertz CT molecular complexity index is 457. The Morgan fingerprint density at radius 3 is 2.42 bits per heavy atom. The average molecular weight is 286 g/mol. The van der Waals surface area contributed by atoms with Crippen LogP contribution in [0, 0.1) is 0 Å². The number of hydrogen-bond donors (Lipinski definition) is 2. The summed E-state index contributed by atoms with van der Waals surface area (Å²) < 4.78 is 31.1. The van der Waals surface area contributed by atoms with Crippen LogP contribution in [0.1, 0.15) is 18.9 Å². The van der Waals surface area contributed by atoms with Gasteiger partial charge in [0.15, 0.2) is 0 Å². The van der Waals surface area contributed by atoms with E-state index in [0.717, 1.165) is 24.3 Å². The third-order valence-corrected chi connectivity index (χ3v) is 3.96. The number of rotatable bonds is 9. The van der Waals surface area contributed by atoms with Gasteiger partial charge in [0.1, 0.15) is 5.75 Å². The normalized spacial score (nSPS) is 11.5. The van der Waals surface area contributed by atoms with Gasteiger partial charge >= 0.3 is 0 Å². The maximum absolute atomic E-state index is 11.7. The SMILES string of the molecule is CCCNCCS(=O)(=O)NCc1ccc(OC)cc1. The molecule has 0 amide bonds. The molecule has 0 heterocycles. The van der Waals surface area contributed by atoms with E-state index in [4.69, 9.17) is 4.74 Å². The van der Waals surface area contributed by atoms with Gasteiger partial charge in [-0.15, -0.1) is 0 Å². The van der Waals surface area contributed by atoms with Gasteiger partial charge in [0.2, 0.25) is 10.0 Å². The fraction of sp³-hybridized carbons (Fsp3) is 0.538. The molecule has 0 fully saturated rings. The fourth-order valence-electron chi connectivity index (χ4n) is 1.52. The summed E-state index contributed by atoms with van der Waals surface area (Å²) in [7, 11) is -1.62. The topological polar surface area (TPSA) is 67.4 Å². The molecular formula is C13H22N2O3S. The molecule has 0 spiro atoms. The van der Waals surface area contributed by atoms with Crippen LogP contribution in [-0.2, 0) is 16.6 Å². The summed E-state index contributed by atoms with van der Waals surface area (Å²) in [5, 5.41) is 3.07. The van der Waals surface area contributed by atoms with Gasteiger partial charge in [0.05, 0.1) is 12.9 Å². The van der Waals surface area contributed by atoms with Crippen molar-refractivity contribution < 1.29 is 13.2 Å². The van der Waals surface area contributed by atoms with E-state index in [1.807, 2.05) is 31.2 Å². The van der Waals surface area contributed by atoms with Crippen LogP contribution in [0.15, 0.2) is 24.3 Å². The van der Waals surface area contributed by atoms with Crippen LogP contribution in [0.5, 0.6) is 5.75 Å². The lowest BCUT2D eigenvalue weighted by atomic mass is 10.2. The second-order valence-electron chi connectivity index (χ2n) is 4.24. The highest BCUT2D eigenvalue weighted by Crippen LogP contribution is 2.11. The Balaban J connectivity index is 2.37. The zero-order chi connectivity index (χ0) is 14.1. The predicted octanol–water partition coefficient (Wildman–Crippen LogP) is 1.11. The van der Waals surface area contributed by atoms with Crippen LogP contribution >= 0.6 is 0 Å². The minimum Gasteiger partial charge on any atom is -0.497 e. The second kappa shape index (κ2) is 8.14. The Kier molecular flexibility index (Phi) is 6.83. The molecule has 19 heavy (non-hydrogen) atoms. The monoisotopic (exact) mass is 286 g/mol. The quantitative estimate of drug-likeness (QED) is 0.667. The molecule has 0 unspecified atom stereocenters. The molecule has 108 valence electrons. The molecule has 1 rings (SSSR count). The molecule has 6 heteroatoms. The molecule has 1 aromatic rings. The lowest BCUT2D eigenvalue weighted by Crippen LogP contribution is -2.31. The van der Waals surface area contributed by atoms with E-state index >= 15 is 0 Å². The summed E-state index contributed by atoms with van der Waals surface area (Å²) >= 11 is 0. The van der Waals surface area contributed by atoms with Crippen molar-refractivity contribution in [1.82, 2.24) is 10.0 Å². The minimum atomic E-state index is -3.22. The first-order valence-electron chi connectivity index (χ1n) is 6.38. The van der Waals surface area contributed by atoms with Gasteiger partial charge in [0, 0.05) is 13.1 Å². The summed E-state index contributed by atoms with van der Waals surface area (Å²) in [6, 6.07) is 7.31. The summed E-state index contributed by atoms with van der Waals surface area (Å²) in [4.78, 5) is 0. The van der Waals surface area contributed by atoms with Crippen molar-refractivity contribution >= 4 is 10.0 Å². The maximum atomic E-state index is 11.7. The van der Waals surface area contributed by atoms with Crippen molar-refractivity contribution in [3.8, 4) is 5.75 Å². The van der Waals surface area contributed by atoms with E-state index < -0.39 is 10.0 Å². The molecule has 0 bridgehead atoms. The van der Waals surface area contributed by atoms with E-state index in [0.29, 0.717) is 13.1 Å². The predicted molar refractivity (Wildman–Crippen MR) is 76.8 cm³/mol. The Labute approximate surface area is 115 Å². The summed E-state index contributed by atoms with van der Waals surface area (Å²) in [5.74, 6) is 0.860. The average Bonchev–Trinajstić information content (AvgIpc) is 2.42. The molecule has 0 saturated heterocycles. The van der Waals surface area contributed by atoms with Crippen molar-refractivity contribution in [2.75, 3.05) is 26.0 Å². The molecule has 2 N–H and O–H groups in total. The Morgan fingerprint density at radius 1 is 1.16 bits per heavy atom. The number of hydrogen-bond acceptors (Lipinski definition) is 4. The van der Waals surface area contributed by atoms with Gasteiger partial charge in [-0.05, 0) is 30.7 Å².